The average molecular weight is 290 g/mol. The van der Waals surface area contributed by atoms with E-state index in [0.29, 0.717) is 17.9 Å². The monoisotopic (exact) mass is 290 g/mol. The minimum atomic E-state index is -0.487. The first-order valence-corrected chi connectivity index (χ1v) is 6.50. The molecular weight excluding hydrogens is 275 g/mol. The molecule has 0 radical (unpaired) electrons. The Morgan fingerprint density at radius 2 is 2.05 bits per heavy atom. The minimum Gasteiger partial charge on any atom is -0.487 e. The van der Waals surface area contributed by atoms with Gasteiger partial charge in [-0.05, 0) is 36.8 Å². The summed E-state index contributed by atoms with van der Waals surface area (Å²) in [6.07, 6.45) is 0. The van der Waals surface area contributed by atoms with E-state index in [1.165, 1.54) is 12.1 Å². The van der Waals surface area contributed by atoms with E-state index in [0.717, 1.165) is 0 Å². The molecule has 2 rings (SSSR count). The highest BCUT2D eigenvalue weighted by Gasteiger charge is 2.20. The zero-order valence-electron chi connectivity index (χ0n) is 11.5. The van der Waals surface area contributed by atoms with Crippen LogP contribution in [0.25, 0.3) is 0 Å². The van der Waals surface area contributed by atoms with Crippen molar-refractivity contribution in [2.45, 2.75) is 13.5 Å². The molecule has 0 aliphatic carbocycles. The third kappa shape index (κ3) is 3.68. The Balaban J connectivity index is 2.23. The van der Waals surface area contributed by atoms with E-state index in [9.17, 15) is 14.5 Å². The molecule has 21 heavy (non-hydrogen) atoms. The van der Waals surface area contributed by atoms with Gasteiger partial charge in [0.15, 0.2) is 5.75 Å². The zero-order chi connectivity index (χ0) is 15.2. The number of rotatable bonds is 6. The van der Waals surface area contributed by atoms with Crippen molar-refractivity contribution in [1.82, 2.24) is 0 Å². The summed E-state index contributed by atoms with van der Waals surface area (Å²) in [4.78, 5) is 10.7. The number of nitrogens with one attached hydrogen (secondary N) is 1. The lowest BCUT2D eigenvalue weighted by atomic mass is 10.2. The highest BCUT2D eigenvalue weighted by Crippen LogP contribution is 2.34. The van der Waals surface area contributed by atoms with E-state index in [1.807, 2.05) is 0 Å². The van der Waals surface area contributed by atoms with Crippen LogP contribution in [0.15, 0.2) is 42.5 Å². The minimum absolute atomic E-state index is 0.115. The lowest BCUT2D eigenvalue weighted by molar-refractivity contribution is -0.384. The van der Waals surface area contributed by atoms with Crippen LogP contribution in [0.2, 0.25) is 0 Å². The third-order valence-electron chi connectivity index (χ3n) is 2.85. The van der Waals surface area contributed by atoms with Gasteiger partial charge in [-0.15, -0.1) is 0 Å². The first kappa shape index (κ1) is 14.8. The number of ether oxygens (including phenoxy) is 1. The van der Waals surface area contributed by atoms with Crippen molar-refractivity contribution in [3.05, 3.63) is 64.0 Å². The zero-order valence-corrected chi connectivity index (χ0v) is 11.5. The second-order valence-electron chi connectivity index (χ2n) is 4.33. The molecule has 110 valence electrons. The molecule has 0 fully saturated rings. The van der Waals surface area contributed by atoms with Crippen molar-refractivity contribution < 1.29 is 14.1 Å². The maximum atomic E-state index is 13.1. The van der Waals surface area contributed by atoms with Crippen molar-refractivity contribution in [3.63, 3.8) is 0 Å². The molecule has 0 saturated heterocycles. The predicted octanol–water partition coefficient (Wildman–Crippen LogP) is 3.74. The number of nitrogens with zero attached hydrogens (tertiary/aromatic N) is 1. The second kappa shape index (κ2) is 6.69. The van der Waals surface area contributed by atoms with E-state index in [-0.39, 0.29) is 23.8 Å². The Kier molecular flexibility index (Phi) is 4.71. The van der Waals surface area contributed by atoms with Crippen molar-refractivity contribution in [1.29, 1.82) is 0 Å². The van der Waals surface area contributed by atoms with Gasteiger partial charge in [0.2, 0.25) is 0 Å². The molecule has 0 aliphatic heterocycles. The van der Waals surface area contributed by atoms with Crippen LogP contribution in [0.3, 0.4) is 0 Å². The molecule has 6 heteroatoms. The van der Waals surface area contributed by atoms with Crippen LogP contribution >= 0.6 is 0 Å². The van der Waals surface area contributed by atoms with E-state index in [4.69, 9.17) is 4.74 Å². The van der Waals surface area contributed by atoms with Crippen LogP contribution in [0, 0.1) is 15.9 Å². The summed E-state index contributed by atoms with van der Waals surface area (Å²) in [7, 11) is 0. The van der Waals surface area contributed by atoms with Crippen LogP contribution in [-0.4, -0.2) is 11.5 Å². The van der Waals surface area contributed by atoms with Gasteiger partial charge in [-0.1, -0.05) is 18.2 Å². The van der Waals surface area contributed by atoms with Crippen LogP contribution < -0.4 is 10.1 Å². The molecule has 2 aromatic carbocycles. The van der Waals surface area contributed by atoms with Gasteiger partial charge in [0, 0.05) is 6.54 Å². The summed E-state index contributed by atoms with van der Waals surface area (Å²) in [6.45, 7) is 2.39. The summed E-state index contributed by atoms with van der Waals surface area (Å²) < 4.78 is 18.4. The highest BCUT2D eigenvalue weighted by atomic mass is 19.1. The lowest BCUT2D eigenvalue weighted by Crippen LogP contribution is -2.05. The Labute approximate surface area is 121 Å². The summed E-state index contributed by atoms with van der Waals surface area (Å²) in [5.74, 6) is -0.126. The van der Waals surface area contributed by atoms with Gasteiger partial charge in [-0.2, -0.15) is 0 Å². The molecule has 0 saturated carbocycles. The molecule has 0 atom stereocenters. The van der Waals surface area contributed by atoms with Crippen LogP contribution in [0.1, 0.15) is 12.5 Å². The van der Waals surface area contributed by atoms with Gasteiger partial charge in [0.25, 0.3) is 0 Å². The largest absolute Gasteiger partial charge is 0.487 e. The molecular formula is C15H15FN2O3. The quantitative estimate of drug-likeness (QED) is 0.650. The standard InChI is InChI=1S/C15H15FN2O3/c1-2-21-14-8-4-7-13(15(14)18(19)20)17-10-11-5-3-6-12(16)9-11/h3-9,17H,2,10H2,1H3. The topological polar surface area (TPSA) is 64.4 Å². The van der Waals surface area contributed by atoms with Crippen LogP contribution in [0.5, 0.6) is 5.75 Å². The van der Waals surface area contributed by atoms with Crippen molar-refractivity contribution in [3.8, 4) is 5.75 Å². The molecule has 5 nitrogen and oxygen atoms in total. The maximum absolute atomic E-state index is 13.1. The van der Waals surface area contributed by atoms with Gasteiger partial charge in [-0.3, -0.25) is 10.1 Å². The number of hydrogen-bond acceptors (Lipinski definition) is 4. The number of benzene rings is 2. The molecule has 0 heterocycles. The van der Waals surface area contributed by atoms with Crippen LogP contribution in [0.4, 0.5) is 15.8 Å². The smallest absolute Gasteiger partial charge is 0.333 e. The Morgan fingerprint density at radius 1 is 1.29 bits per heavy atom. The first-order chi connectivity index (χ1) is 10.1. The average Bonchev–Trinajstić information content (AvgIpc) is 2.45. The fourth-order valence-corrected chi connectivity index (χ4v) is 1.97. The summed E-state index contributed by atoms with van der Waals surface area (Å²) in [6, 6.07) is 10.9. The van der Waals surface area contributed by atoms with Gasteiger partial charge in [0.05, 0.1) is 11.5 Å². The highest BCUT2D eigenvalue weighted by molar-refractivity contribution is 5.68. The van der Waals surface area contributed by atoms with Crippen LogP contribution in [-0.2, 0) is 6.54 Å². The van der Waals surface area contributed by atoms with Gasteiger partial charge in [0.1, 0.15) is 11.5 Å². The molecule has 0 aromatic heterocycles. The Hall–Kier alpha value is -2.63. The van der Waals surface area contributed by atoms with E-state index < -0.39 is 4.92 Å². The van der Waals surface area contributed by atoms with Crippen molar-refractivity contribution in [2.75, 3.05) is 11.9 Å². The first-order valence-electron chi connectivity index (χ1n) is 6.50. The van der Waals surface area contributed by atoms with E-state index >= 15 is 0 Å². The molecule has 0 amide bonds. The van der Waals surface area contributed by atoms with Crippen molar-refractivity contribution >= 4 is 11.4 Å². The molecule has 2 aromatic rings. The molecule has 1 N–H and O–H groups in total. The number of hydrogen-bond donors (Lipinski definition) is 1. The Bertz CT molecular complexity index is 647. The fraction of sp³-hybridized carbons (Fsp3) is 0.200. The number of halogens is 1. The summed E-state index contributed by atoms with van der Waals surface area (Å²) >= 11 is 0. The third-order valence-corrected chi connectivity index (χ3v) is 2.85. The number of nitro benzene ring substituents is 1. The van der Waals surface area contributed by atoms with Gasteiger partial charge >= 0.3 is 5.69 Å². The molecule has 0 unspecified atom stereocenters. The predicted molar refractivity (Wildman–Crippen MR) is 78.0 cm³/mol. The van der Waals surface area contributed by atoms with E-state index in [1.54, 1.807) is 37.3 Å². The number of para-hydroxylation sites is 1. The normalized spacial score (nSPS) is 10.2. The number of anilines is 1. The lowest BCUT2D eigenvalue weighted by Gasteiger charge is -2.10. The summed E-state index contributed by atoms with van der Waals surface area (Å²) in [5, 5.41) is 14.2. The molecule has 0 bridgehead atoms. The summed E-state index contributed by atoms with van der Waals surface area (Å²) in [5.41, 5.74) is 0.928. The van der Waals surface area contributed by atoms with Gasteiger partial charge in [-0.25, -0.2) is 4.39 Å². The maximum Gasteiger partial charge on any atom is 0.333 e. The SMILES string of the molecule is CCOc1cccc(NCc2cccc(F)c2)c1[N+](=O)[O-]. The van der Waals surface area contributed by atoms with E-state index in [2.05, 4.69) is 5.32 Å². The second-order valence-corrected chi connectivity index (χ2v) is 4.33. The number of nitro groups is 1. The van der Waals surface area contributed by atoms with Crippen molar-refractivity contribution in [2.24, 2.45) is 0 Å². The van der Waals surface area contributed by atoms with Gasteiger partial charge < -0.3 is 10.1 Å². The fourth-order valence-electron chi connectivity index (χ4n) is 1.97. The molecule has 0 aliphatic rings. The molecule has 0 spiro atoms. The Morgan fingerprint density at radius 3 is 2.71 bits per heavy atom.